The van der Waals surface area contributed by atoms with E-state index in [0.717, 1.165) is 21.8 Å². The number of hydrogen-bond donors (Lipinski definition) is 2. The van der Waals surface area contributed by atoms with Crippen LogP contribution in [-0.4, -0.2) is 67.5 Å². The number of hydrogen-bond acceptors (Lipinski definition) is 6. The second kappa shape index (κ2) is 8.31. The third-order valence-electron chi connectivity index (χ3n) is 6.52. The average molecular weight is 527 g/mol. The minimum Gasteiger partial charge on any atom is -0.382 e. The lowest BCUT2D eigenvalue weighted by Crippen LogP contribution is -2.42. The van der Waals surface area contributed by atoms with Crippen molar-refractivity contribution in [1.29, 1.82) is 0 Å². The number of amides is 2. The first kappa shape index (κ1) is 24.8. The third-order valence-corrected chi connectivity index (χ3v) is 6.52. The van der Waals surface area contributed by atoms with Gasteiger partial charge in [0, 0.05) is 24.7 Å². The molecule has 3 unspecified atom stereocenters. The number of alkyl halides is 6. The van der Waals surface area contributed by atoms with E-state index >= 15 is 0 Å². The number of nitrogens with one attached hydrogen (secondary N) is 1. The van der Waals surface area contributed by atoms with Crippen molar-refractivity contribution < 1.29 is 35.9 Å². The van der Waals surface area contributed by atoms with E-state index in [2.05, 4.69) is 20.4 Å². The van der Waals surface area contributed by atoms with Crippen molar-refractivity contribution >= 4 is 23.1 Å². The number of nitrogen functional groups attached to an aromatic ring is 1. The predicted octanol–water partition coefficient (Wildman–Crippen LogP) is 2.63. The highest BCUT2D eigenvalue weighted by atomic mass is 19.4. The minimum absolute atomic E-state index is 0.0614. The van der Waals surface area contributed by atoms with Crippen LogP contribution in [0.5, 0.6) is 0 Å². The standard InChI is InChI=1S/C22H19F6N7O2/c1-9-11(19(36)33-15-7-34(6-14(15)23)20(37)13-4-21(13,24)25)2-10(5-30-9)16-3-12(22(26,27)28)17-18(29)31-8-32-35(16)17/h2-3,5,8,13-15H,4,6-7H2,1H3,(H,33,36)(H2,29,31,32). The van der Waals surface area contributed by atoms with Crippen molar-refractivity contribution in [2.24, 2.45) is 5.92 Å². The van der Waals surface area contributed by atoms with Gasteiger partial charge in [0.25, 0.3) is 11.8 Å². The fourth-order valence-electron chi connectivity index (χ4n) is 4.42. The predicted molar refractivity (Wildman–Crippen MR) is 116 cm³/mol. The second-order valence-corrected chi connectivity index (χ2v) is 9.06. The molecule has 37 heavy (non-hydrogen) atoms. The number of halogens is 6. The van der Waals surface area contributed by atoms with Gasteiger partial charge in [-0.25, -0.2) is 22.7 Å². The van der Waals surface area contributed by atoms with Crippen LogP contribution in [0.15, 0.2) is 24.7 Å². The smallest absolute Gasteiger partial charge is 0.382 e. The van der Waals surface area contributed by atoms with Crippen LogP contribution in [0.4, 0.5) is 32.2 Å². The second-order valence-electron chi connectivity index (χ2n) is 9.06. The molecule has 2 amide bonds. The lowest BCUT2D eigenvalue weighted by molar-refractivity contribution is -0.136. The number of aromatic nitrogens is 4. The van der Waals surface area contributed by atoms with Crippen LogP contribution in [0.2, 0.25) is 0 Å². The van der Waals surface area contributed by atoms with Gasteiger partial charge in [-0.2, -0.15) is 18.3 Å². The molecule has 1 aliphatic carbocycles. The van der Waals surface area contributed by atoms with E-state index in [9.17, 15) is 35.9 Å². The SMILES string of the molecule is Cc1ncc(-c2cc(C(F)(F)F)c3c(N)ncnn23)cc1C(=O)NC1CN(C(=O)C2CC2(F)F)CC1F. The quantitative estimate of drug-likeness (QED) is 0.504. The molecule has 3 atom stereocenters. The molecule has 0 bridgehead atoms. The summed E-state index contributed by atoms with van der Waals surface area (Å²) < 4.78 is 82.9. The van der Waals surface area contributed by atoms with Gasteiger partial charge in [-0.1, -0.05) is 0 Å². The first-order valence-corrected chi connectivity index (χ1v) is 11.1. The van der Waals surface area contributed by atoms with Gasteiger partial charge < -0.3 is 16.0 Å². The van der Waals surface area contributed by atoms with E-state index in [0.29, 0.717) is 0 Å². The normalized spacial score (nSPS) is 22.9. The van der Waals surface area contributed by atoms with Crippen LogP contribution < -0.4 is 11.1 Å². The fourth-order valence-corrected chi connectivity index (χ4v) is 4.42. The molecule has 15 heteroatoms. The summed E-state index contributed by atoms with van der Waals surface area (Å²) in [5, 5.41) is 6.29. The molecule has 2 fully saturated rings. The maximum Gasteiger partial charge on any atom is 0.418 e. The number of nitrogens with zero attached hydrogens (tertiary/aromatic N) is 5. The Hall–Kier alpha value is -3.91. The number of carbonyl (C=O) groups is 2. The van der Waals surface area contributed by atoms with Crippen LogP contribution >= 0.6 is 0 Å². The lowest BCUT2D eigenvalue weighted by atomic mass is 10.1. The Balaban J connectivity index is 1.41. The molecular weight excluding hydrogens is 508 g/mol. The molecule has 3 aromatic heterocycles. The van der Waals surface area contributed by atoms with Crippen LogP contribution in [-0.2, 0) is 11.0 Å². The number of nitrogens with two attached hydrogens (primary N) is 1. The number of rotatable bonds is 4. The highest BCUT2D eigenvalue weighted by molar-refractivity contribution is 5.97. The lowest BCUT2D eigenvalue weighted by Gasteiger charge is -2.17. The van der Waals surface area contributed by atoms with Gasteiger partial charge >= 0.3 is 6.18 Å². The van der Waals surface area contributed by atoms with Crippen LogP contribution in [0.25, 0.3) is 16.8 Å². The first-order valence-electron chi connectivity index (χ1n) is 11.1. The molecule has 3 aromatic rings. The summed E-state index contributed by atoms with van der Waals surface area (Å²) >= 11 is 0. The molecule has 196 valence electrons. The molecule has 5 rings (SSSR count). The van der Waals surface area contributed by atoms with Crippen molar-refractivity contribution in [3.63, 3.8) is 0 Å². The zero-order valence-electron chi connectivity index (χ0n) is 19.1. The van der Waals surface area contributed by atoms with E-state index in [4.69, 9.17) is 5.73 Å². The summed E-state index contributed by atoms with van der Waals surface area (Å²) in [7, 11) is 0. The van der Waals surface area contributed by atoms with E-state index in [-0.39, 0.29) is 29.1 Å². The van der Waals surface area contributed by atoms with Crippen molar-refractivity contribution in [3.8, 4) is 11.3 Å². The van der Waals surface area contributed by atoms with Crippen LogP contribution in [0.3, 0.4) is 0 Å². The van der Waals surface area contributed by atoms with Gasteiger partial charge in [0.05, 0.1) is 35.1 Å². The van der Waals surface area contributed by atoms with E-state index in [1.54, 1.807) is 0 Å². The van der Waals surface area contributed by atoms with Crippen molar-refractivity contribution in [1.82, 2.24) is 29.8 Å². The minimum atomic E-state index is -4.77. The van der Waals surface area contributed by atoms with Gasteiger partial charge in [0.2, 0.25) is 5.91 Å². The maximum atomic E-state index is 14.6. The molecule has 3 N–H and O–H groups in total. The molecule has 1 saturated heterocycles. The molecule has 0 radical (unpaired) electrons. The highest BCUT2D eigenvalue weighted by Gasteiger charge is 2.63. The van der Waals surface area contributed by atoms with E-state index in [1.807, 2.05) is 0 Å². The third kappa shape index (κ3) is 4.31. The molecule has 0 aromatic carbocycles. The molecule has 1 aliphatic heterocycles. The number of anilines is 1. The summed E-state index contributed by atoms with van der Waals surface area (Å²) in [4.78, 5) is 33.8. The zero-order chi connectivity index (χ0) is 26.9. The molecule has 0 spiro atoms. The van der Waals surface area contributed by atoms with Gasteiger partial charge in [-0.15, -0.1) is 0 Å². The maximum absolute atomic E-state index is 14.6. The van der Waals surface area contributed by atoms with Crippen molar-refractivity contribution in [2.45, 2.75) is 37.7 Å². The Morgan fingerprint density at radius 2 is 1.89 bits per heavy atom. The number of aryl methyl sites for hydroxylation is 1. The average Bonchev–Trinajstić information content (AvgIpc) is 3.13. The van der Waals surface area contributed by atoms with Gasteiger partial charge in [0.1, 0.15) is 23.9 Å². The first-order chi connectivity index (χ1) is 17.3. The Morgan fingerprint density at radius 1 is 1.19 bits per heavy atom. The Labute approximate surface area is 204 Å². The van der Waals surface area contributed by atoms with Crippen molar-refractivity contribution in [2.75, 3.05) is 18.8 Å². The van der Waals surface area contributed by atoms with Gasteiger partial charge in [-0.05, 0) is 19.1 Å². The Bertz CT molecular complexity index is 1420. The van der Waals surface area contributed by atoms with Gasteiger partial charge in [-0.3, -0.25) is 14.6 Å². The topological polar surface area (TPSA) is 119 Å². The van der Waals surface area contributed by atoms with Crippen LogP contribution in [0.1, 0.15) is 28.0 Å². The summed E-state index contributed by atoms with van der Waals surface area (Å²) in [6.45, 7) is 0.743. The molecule has 1 saturated carbocycles. The van der Waals surface area contributed by atoms with Crippen molar-refractivity contribution in [3.05, 3.63) is 41.5 Å². The van der Waals surface area contributed by atoms with Gasteiger partial charge in [0.15, 0.2) is 5.82 Å². The van der Waals surface area contributed by atoms with Crippen LogP contribution in [0, 0.1) is 12.8 Å². The Morgan fingerprint density at radius 3 is 2.54 bits per heavy atom. The van der Waals surface area contributed by atoms with E-state index in [1.165, 1.54) is 19.2 Å². The number of fused-ring (bicyclic) bond motifs is 1. The molecule has 2 aliphatic rings. The number of pyridine rings is 1. The molecular formula is C22H19F6N7O2. The summed E-state index contributed by atoms with van der Waals surface area (Å²) in [6, 6.07) is 0.916. The highest BCUT2D eigenvalue weighted by Crippen LogP contribution is 2.49. The molecule has 4 heterocycles. The zero-order valence-corrected chi connectivity index (χ0v) is 19.1. The summed E-state index contributed by atoms with van der Waals surface area (Å²) in [6.07, 6.45) is -4.83. The monoisotopic (exact) mass is 527 g/mol. The van der Waals surface area contributed by atoms with E-state index < -0.39 is 71.9 Å². The largest absolute Gasteiger partial charge is 0.418 e. The summed E-state index contributed by atoms with van der Waals surface area (Å²) in [5.41, 5.74) is 4.29. The number of likely N-dealkylation sites (tertiary alicyclic amines) is 1. The molecule has 9 nitrogen and oxygen atoms in total. The summed E-state index contributed by atoms with van der Waals surface area (Å²) in [5.74, 6) is -6.64. The Kier molecular flexibility index (Phi) is 5.56. The fraction of sp³-hybridized carbons (Fsp3) is 0.409. The number of carbonyl (C=O) groups excluding carboxylic acids is 2.